The minimum Gasteiger partial charge on any atom is -0.357 e. The number of anilines is 1. The summed E-state index contributed by atoms with van der Waals surface area (Å²) in [5.74, 6) is 0.966. The second-order valence-electron chi connectivity index (χ2n) is 4.91. The van der Waals surface area contributed by atoms with Crippen LogP contribution in [0, 0.1) is 13.8 Å². The van der Waals surface area contributed by atoms with Crippen LogP contribution in [0.2, 0.25) is 0 Å². The first-order chi connectivity index (χ1) is 8.66. The van der Waals surface area contributed by atoms with E-state index in [-0.39, 0.29) is 0 Å². The highest BCUT2D eigenvalue weighted by Gasteiger charge is 2.11. The SMILES string of the molecule is Cc1ncc(N(C)CCN2CCNCC2)nc1C. The van der Waals surface area contributed by atoms with Crippen LogP contribution < -0.4 is 10.2 Å². The second kappa shape index (κ2) is 6.11. The summed E-state index contributed by atoms with van der Waals surface area (Å²) in [4.78, 5) is 13.6. The molecule has 0 aromatic carbocycles. The van der Waals surface area contributed by atoms with Gasteiger partial charge in [0.15, 0.2) is 0 Å². The normalized spacial score (nSPS) is 16.8. The number of aromatic nitrogens is 2. The third kappa shape index (κ3) is 3.40. The maximum atomic E-state index is 4.57. The number of rotatable bonds is 4. The van der Waals surface area contributed by atoms with Crippen molar-refractivity contribution >= 4 is 5.82 Å². The Hall–Kier alpha value is -1.20. The first kappa shape index (κ1) is 13.2. The average Bonchev–Trinajstić information content (AvgIpc) is 2.40. The van der Waals surface area contributed by atoms with Crippen molar-refractivity contribution in [3.63, 3.8) is 0 Å². The van der Waals surface area contributed by atoms with E-state index in [0.717, 1.165) is 56.5 Å². The predicted octanol–water partition coefficient (Wildman–Crippen LogP) is 0.435. The highest BCUT2D eigenvalue weighted by molar-refractivity contribution is 5.36. The summed E-state index contributed by atoms with van der Waals surface area (Å²) >= 11 is 0. The van der Waals surface area contributed by atoms with Gasteiger partial charge in [0.2, 0.25) is 0 Å². The van der Waals surface area contributed by atoms with Crippen molar-refractivity contribution in [2.75, 3.05) is 51.2 Å². The van der Waals surface area contributed by atoms with Crippen molar-refractivity contribution in [2.45, 2.75) is 13.8 Å². The Bertz CT molecular complexity index is 387. The summed E-state index contributed by atoms with van der Waals surface area (Å²) < 4.78 is 0. The molecule has 1 fully saturated rings. The molecule has 0 aliphatic carbocycles. The number of likely N-dealkylation sites (N-methyl/N-ethyl adjacent to an activating group) is 1. The van der Waals surface area contributed by atoms with Crippen LogP contribution in [0.1, 0.15) is 11.4 Å². The quantitative estimate of drug-likeness (QED) is 0.838. The van der Waals surface area contributed by atoms with Crippen molar-refractivity contribution < 1.29 is 0 Å². The van der Waals surface area contributed by atoms with E-state index in [9.17, 15) is 0 Å². The molecule has 0 atom stereocenters. The van der Waals surface area contributed by atoms with E-state index in [4.69, 9.17) is 0 Å². The van der Waals surface area contributed by atoms with Crippen molar-refractivity contribution in [2.24, 2.45) is 0 Å². The Morgan fingerprint density at radius 3 is 2.67 bits per heavy atom. The van der Waals surface area contributed by atoms with Crippen molar-refractivity contribution in [3.05, 3.63) is 17.6 Å². The molecule has 1 N–H and O–H groups in total. The number of hydrogen-bond donors (Lipinski definition) is 1. The third-order valence-electron chi connectivity index (χ3n) is 3.53. The fourth-order valence-electron chi connectivity index (χ4n) is 2.05. The van der Waals surface area contributed by atoms with Crippen LogP contribution >= 0.6 is 0 Å². The summed E-state index contributed by atoms with van der Waals surface area (Å²) in [6.07, 6.45) is 1.86. The monoisotopic (exact) mass is 249 g/mol. The van der Waals surface area contributed by atoms with Gasteiger partial charge in [-0.25, -0.2) is 4.98 Å². The maximum absolute atomic E-state index is 4.57. The van der Waals surface area contributed by atoms with Crippen LogP contribution in [-0.2, 0) is 0 Å². The molecule has 2 heterocycles. The van der Waals surface area contributed by atoms with E-state index < -0.39 is 0 Å². The van der Waals surface area contributed by atoms with Crippen LogP contribution in [0.3, 0.4) is 0 Å². The highest BCUT2D eigenvalue weighted by Crippen LogP contribution is 2.09. The van der Waals surface area contributed by atoms with Crippen molar-refractivity contribution in [1.29, 1.82) is 0 Å². The molecule has 100 valence electrons. The molecule has 0 saturated carbocycles. The molecular weight excluding hydrogens is 226 g/mol. The van der Waals surface area contributed by atoms with E-state index in [2.05, 4.69) is 32.1 Å². The lowest BCUT2D eigenvalue weighted by Gasteiger charge is -2.29. The molecule has 1 aromatic rings. The van der Waals surface area contributed by atoms with Crippen LogP contribution in [0.15, 0.2) is 6.20 Å². The van der Waals surface area contributed by atoms with Crippen LogP contribution in [0.25, 0.3) is 0 Å². The van der Waals surface area contributed by atoms with Crippen molar-refractivity contribution in [3.8, 4) is 0 Å². The Balaban J connectivity index is 1.86. The summed E-state index contributed by atoms with van der Waals surface area (Å²) in [5.41, 5.74) is 2.02. The average molecular weight is 249 g/mol. The second-order valence-corrected chi connectivity index (χ2v) is 4.91. The molecule has 1 aromatic heterocycles. The molecule has 0 spiro atoms. The minimum atomic E-state index is 0.966. The number of aryl methyl sites for hydroxylation is 2. The Morgan fingerprint density at radius 1 is 1.28 bits per heavy atom. The van der Waals surface area contributed by atoms with Gasteiger partial charge in [-0.15, -0.1) is 0 Å². The number of piperazine rings is 1. The third-order valence-corrected chi connectivity index (χ3v) is 3.53. The topological polar surface area (TPSA) is 44.3 Å². The Labute approximate surface area is 109 Å². The minimum absolute atomic E-state index is 0.966. The molecule has 1 saturated heterocycles. The molecule has 5 heteroatoms. The zero-order valence-electron chi connectivity index (χ0n) is 11.6. The van der Waals surface area contributed by atoms with E-state index >= 15 is 0 Å². The van der Waals surface area contributed by atoms with E-state index in [0.29, 0.717) is 0 Å². The molecule has 5 nitrogen and oxygen atoms in total. The number of hydrogen-bond acceptors (Lipinski definition) is 5. The predicted molar refractivity (Wildman–Crippen MR) is 74.1 cm³/mol. The van der Waals surface area contributed by atoms with Gasteiger partial charge in [0.05, 0.1) is 17.6 Å². The lowest BCUT2D eigenvalue weighted by atomic mass is 10.3. The molecule has 0 radical (unpaired) electrons. The molecule has 1 aliphatic rings. The smallest absolute Gasteiger partial charge is 0.147 e. The van der Waals surface area contributed by atoms with Crippen LogP contribution in [-0.4, -0.2) is 61.2 Å². The maximum Gasteiger partial charge on any atom is 0.147 e. The van der Waals surface area contributed by atoms with Gasteiger partial charge in [0, 0.05) is 46.3 Å². The van der Waals surface area contributed by atoms with Crippen LogP contribution in [0.5, 0.6) is 0 Å². The summed E-state index contributed by atoms with van der Waals surface area (Å²) in [7, 11) is 2.08. The molecular formula is C13H23N5. The molecule has 18 heavy (non-hydrogen) atoms. The Morgan fingerprint density at radius 2 is 2.00 bits per heavy atom. The summed E-state index contributed by atoms with van der Waals surface area (Å²) in [6.45, 7) is 10.6. The van der Waals surface area contributed by atoms with E-state index in [1.54, 1.807) is 0 Å². The zero-order chi connectivity index (χ0) is 13.0. The number of nitrogens with zero attached hydrogens (tertiary/aromatic N) is 4. The molecule has 0 amide bonds. The highest BCUT2D eigenvalue weighted by atomic mass is 15.2. The first-order valence-corrected chi connectivity index (χ1v) is 6.61. The van der Waals surface area contributed by atoms with E-state index in [1.165, 1.54) is 0 Å². The first-order valence-electron chi connectivity index (χ1n) is 6.61. The van der Waals surface area contributed by atoms with Gasteiger partial charge in [0.25, 0.3) is 0 Å². The van der Waals surface area contributed by atoms with Gasteiger partial charge in [-0.1, -0.05) is 0 Å². The van der Waals surface area contributed by atoms with Gasteiger partial charge < -0.3 is 10.2 Å². The van der Waals surface area contributed by atoms with Gasteiger partial charge in [-0.2, -0.15) is 0 Å². The fraction of sp³-hybridized carbons (Fsp3) is 0.692. The largest absolute Gasteiger partial charge is 0.357 e. The Kier molecular flexibility index (Phi) is 4.49. The molecule has 2 rings (SSSR count). The molecule has 0 bridgehead atoms. The van der Waals surface area contributed by atoms with Gasteiger partial charge >= 0.3 is 0 Å². The number of nitrogens with one attached hydrogen (secondary N) is 1. The lowest BCUT2D eigenvalue weighted by Crippen LogP contribution is -2.46. The van der Waals surface area contributed by atoms with E-state index in [1.807, 2.05) is 20.0 Å². The molecule has 0 unspecified atom stereocenters. The van der Waals surface area contributed by atoms with Crippen molar-refractivity contribution in [1.82, 2.24) is 20.2 Å². The standard InChI is InChI=1S/C13H23N5/c1-11-12(2)16-13(10-15-11)17(3)8-9-18-6-4-14-5-7-18/h10,14H,4-9H2,1-3H3. The zero-order valence-corrected chi connectivity index (χ0v) is 11.6. The summed E-state index contributed by atoms with van der Waals surface area (Å²) in [6, 6.07) is 0. The molecule has 1 aliphatic heterocycles. The lowest BCUT2D eigenvalue weighted by molar-refractivity contribution is 0.246. The van der Waals surface area contributed by atoms with Gasteiger partial charge in [-0.3, -0.25) is 9.88 Å². The van der Waals surface area contributed by atoms with Gasteiger partial charge in [0.1, 0.15) is 5.82 Å². The fourth-order valence-corrected chi connectivity index (χ4v) is 2.05. The van der Waals surface area contributed by atoms with Crippen LogP contribution in [0.4, 0.5) is 5.82 Å². The summed E-state index contributed by atoms with van der Waals surface area (Å²) in [5, 5.41) is 3.37. The van der Waals surface area contributed by atoms with Gasteiger partial charge in [-0.05, 0) is 13.8 Å².